The smallest absolute Gasteiger partial charge is 0.0167 e. The molecule has 1 unspecified atom stereocenters. The van der Waals surface area contributed by atoms with E-state index in [0.29, 0.717) is 0 Å². The molecular formula is C21H28. The molecule has 0 N–H and O–H groups in total. The highest BCUT2D eigenvalue weighted by molar-refractivity contribution is 5.74. The number of hydrogen-bond donors (Lipinski definition) is 0. The Kier molecular flexibility index (Phi) is 4.95. The largest absolute Gasteiger partial charge is 0.0802 e. The number of hydrogen-bond acceptors (Lipinski definition) is 0. The Bertz CT molecular complexity index is 486. The monoisotopic (exact) mass is 280 g/mol. The molecule has 1 saturated carbocycles. The molecule has 1 aromatic rings. The Morgan fingerprint density at radius 3 is 2.38 bits per heavy atom. The zero-order chi connectivity index (χ0) is 14.5. The summed E-state index contributed by atoms with van der Waals surface area (Å²) in [5.74, 6) is 2.75. The van der Waals surface area contributed by atoms with Gasteiger partial charge in [0.1, 0.15) is 0 Å². The van der Waals surface area contributed by atoms with Crippen LogP contribution < -0.4 is 0 Å². The molecule has 1 fully saturated rings. The molecule has 112 valence electrons. The van der Waals surface area contributed by atoms with E-state index in [1.807, 2.05) is 0 Å². The van der Waals surface area contributed by atoms with E-state index < -0.39 is 0 Å². The lowest BCUT2D eigenvalue weighted by Gasteiger charge is -2.33. The molecule has 0 spiro atoms. The Morgan fingerprint density at radius 1 is 1.00 bits per heavy atom. The van der Waals surface area contributed by atoms with Crippen molar-refractivity contribution < 1.29 is 0 Å². The van der Waals surface area contributed by atoms with E-state index in [9.17, 15) is 0 Å². The SMILES string of the molecule is CCC[C@H]1CC[C@H](C2C=CC(c3ccccc3)=CC2)CC1. The minimum absolute atomic E-state index is 0.792. The van der Waals surface area contributed by atoms with E-state index in [1.165, 1.54) is 56.1 Å². The van der Waals surface area contributed by atoms with Gasteiger partial charge in [-0.05, 0) is 48.2 Å². The summed E-state index contributed by atoms with van der Waals surface area (Å²) in [5, 5.41) is 0. The second-order valence-electron chi connectivity index (χ2n) is 6.85. The topological polar surface area (TPSA) is 0 Å². The van der Waals surface area contributed by atoms with Crippen molar-refractivity contribution in [1.29, 1.82) is 0 Å². The molecule has 21 heavy (non-hydrogen) atoms. The molecule has 0 radical (unpaired) electrons. The van der Waals surface area contributed by atoms with Gasteiger partial charge in [-0.25, -0.2) is 0 Å². The van der Waals surface area contributed by atoms with Crippen molar-refractivity contribution in [2.45, 2.75) is 51.9 Å². The first-order valence-electron chi connectivity index (χ1n) is 8.80. The van der Waals surface area contributed by atoms with Crippen molar-refractivity contribution in [2.24, 2.45) is 17.8 Å². The van der Waals surface area contributed by atoms with Gasteiger partial charge in [0.15, 0.2) is 0 Å². The lowest BCUT2D eigenvalue weighted by molar-refractivity contribution is 0.221. The summed E-state index contributed by atoms with van der Waals surface area (Å²) in [6.07, 6.45) is 17.2. The van der Waals surface area contributed by atoms with E-state index in [4.69, 9.17) is 0 Å². The normalized spacial score (nSPS) is 29.2. The van der Waals surface area contributed by atoms with Gasteiger partial charge in [0.25, 0.3) is 0 Å². The summed E-state index contributed by atoms with van der Waals surface area (Å²) in [5.41, 5.74) is 2.77. The van der Waals surface area contributed by atoms with Crippen LogP contribution in [0.5, 0.6) is 0 Å². The lowest BCUT2D eigenvalue weighted by atomic mass is 9.72. The molecule has 2 aliphatic carbocycles. The van der Waals surface area contributed by atoms with Crippen LogP contribution in [-0.2, 0) is 0 Å². The summed E-state index contributed by atoms with van der Waals surface area (Å²) in [7, 11) is 0. The van der Waals surface area contributed by atoms with Crippen molar-refractivity contribution in [3.63, 3.8) is 0 Å². The van der Waals surface area contributed by atoms with Gasteiger partial charge in [-0.15, -0.1) is 0 Å². The van der Waals surface area contributed by atoms with Gasteiger partial charge in [0, 0.05) is 0 Å². The summed E-state index contributed by atoms with van der Waals surface area (Å²) in [6.45, 7) is 2.33. The molecule has 0 heteroatoms. The summed E-state index contributed by atoms with van der Waals surface area (Å²) >= 11 is 0. The molecule has 0 bridgehead atoms. The fourth-order valence-electron chi connectivity index (χ4n) is 4.14. The maximum atomic E-state index is 2.49. The lowest BCUT2D eigenvalue weighted by Crippen LogP contribution is -2.21. The van der Waals surface area contributed by atoms with E-state index in [2.05, 4.69) is 55.5 Å². The van der Waals surface area contributed by atoms with Crippen molar-refractivity contribution in [1.82, 2.24) is 0 Å². The van der Waals surface area contributed by atoms with Crippen molar-refractivity contribution >= 4 is 5.57 Å². The number of rotatable bonds is 4. The van der Waals surface area contributed by atoms with E-state index in [-0.39, 0.29) is 0 Å². The Morgan fingerprint density at radius 2 is 1.76 bits per heavy atom. The zero-order valence-electron chi connectivity index (χ0n) is 13.3. The Labute approximate surface area is 130 Å². The van der Waals surface area contributed by atoms with Gasteiger partial charge >= 0.3 is 0 Å². The van der Waals surface area contributed by atoms with Crippen molar-refractivity contribution in [3.05, 3.63) is 54.1 Å². The van der Waals surface area contributed by atoms with Crippen LogP contribution >= 0.6 is 0 Å². The standard InChI is InChI=1S/C21H28/c1-2-6-17-9-11-19(12-10-17)21-15-13-20(14-16-21)18-7-4-3-5-8-18/h3-5,7-8,13-15,17,19,21H,2,6,9-12,16H2,1H3/t17-,19-,21?. The molecular weight excluding hydrogens is 252 g/mol. The molecule has 0 amide bonds. The molecule has 1 atom stereocenters. The second kappa shape index (κ2) is 7.11. The molecule has 2 aliphatic rings. The zero-order valence-corrected chi connectivity index (χ0v) is 13.3. The van der Waals surface area contributed by atoms with E-state index in [0.717, 1.165) is 17.8 Å². The average Bonchev–Trinajstić information content (AvgIpc) is 2.57. The molecule has 0 heterocycles. The maximum absolute atomic E-state index is 2.49. The molecule has 1 aromatic carbocycles. The van der Waals surface area contributed by atoms with Crippen LogP contribution in [0.3, 0.4) is 0 Å². The fraction of sp³-hybridized carbons (Fsp3) is 0.524. The van der Waals surface area contributed by atoms with Crippen molar-refractivity contribution in [3.8, 4) is 0 Å². The predicted molar refractivity (Wildman–Crippen MR) is 92.0 cm³/mol. The molecule has 0 aliphatic heterocycles. The van der Waals surface area contributed by atoms with Crippen molar-refractivity contribution in [2.75, 3.05) is 0 Å². The molecule has 0 aromatic heterocycles. The second-order valence-corrected chi connectivity index (χ2v) is 6.85. The third-order valence-electron chi connectivity index (χ3n) is 5.43. The van der Waals surface area contributed by atoms with Gasteiger partial charge in [0.2, 0.25) is 0 Å². The number of benzene rings is 1. The first kappa shape index (κ1) is 14.6. The minimum Gasteiger partial charge on any atom is -0.0802 e. The Hall–Kier alpha value is -1.30. The van der Waals surface area contributed by atoms with Crippen LogP contribution in [0.4, 0.5) is 0 Å². The van der Waals surface area contributed by atoms with Crippen LogP contribution in [0, 0.1) is 17.8 Å². The third kappa shape index (κ3) is 3.67. The highest BCUT2D eigenvalue weighted by Gasteiger charge is 2.26. The first-order chi connectivity index (χ1) is 10.4. The highest BCUT2D eigenvalue weighted by atomic mass is 14.3. The quantitative estimate of drug-likeness (QED) is 0.611. The summed E-state index contributed by atoms with van der Waals surface area (Å²) in [6, 6.07) is 10.8. The van der Waals surface area contributed by atoms with E-state index >= 15 is 0 Å². The highest BCUT2D eigenvalue weighted by Crippen LogP contribution is 2.39. The maximum Gasteiger partial charge on any atom is -0.0167 e. The van der Waals surface area contributed by atoms with Crippen LogP contribution in [-0.4, -0.2) is 0 Å². The van der Waals surface area contributed by atoms with Gasteiger partial charge in [-0.2, -0.15) is 0 Å². The van der Waals surface area contributed by atoms with Crippen LogP contribution in [0.25, 0.3) is 5.57 Å². The molecule has 0 saturated heterocycles. The average molecular weight is 280 g/mol. The fourth-order valence-corrected chi connectivity index (χ4v) is 4.14. The van der Waals surface area contributed by atoms with Crippen LogP contribution in [0.1, 0.15) is 57.4 Å². The third-order valence-corrected chi connectivity index (χ3v) is 5.43. The number of allylic oxidation sites excluding steroid dienone is 4. The molecule has 0 nitrogen and oxygen atoms in total. The Balaban J connectivity index is 1.55. The van der Waals surface area contributed by atoms with Gasteiger partial charge in [-0.3, -0.25) is 0 Å². The minimum atomic E-state index is 0.792. The summed E-state index contributed by atoms with van der Waals surface area (Å²) in [4.78, 5) is 0. The van der Waals surface area contributed by atoms with Gasteiger partial charge in [0.05, 0.1) is 0 Å². The molecule has 3 rings (SSSR count). The summed E-state index contributed by atoms with van der Waals surface area (Å²) < 4.78 is 0. The van der Waals surface area contributed by atoms with Crippen LogP contribution in [0.2, 0.25) is 0 Å². The van der Waals surface area contributed by atoms with Gasteiger partial charge < -0.3 is 0 Å². The first-order valence-corrected chi connectivity index (χ1v) is 8.80. The van der Waals surface area contributed by atoms with Gasteiger partial charge in [-0.1, -0.05) is 81.2 Å². The predicted octanol–water partition coefficient (Wildman–Crippen LogP) is 6.25. The van der Waals surface area contributed by atoms with E-state index in [1.54, 1.807) is 0 Å². The van der Waals surface area contributed by atoms with Crippen LogP contribution in [0.15, 0.2) is 48.6 Å².